The Morgan fingerprint density at radius 1 is 1.25 bits per heavy atom. The van der Waals surface area contributed by atoms with Gasteiger partial charge in [-0.3, -0.25) is 14.8 Å². The van der Waals surface area contributed by atoms with Gasteiger partial charge in [0.15, 0.2) is 5.49 Å². The summed E-state index contributed by atoms with van der Waals surface area (Å²) in [5.41, 5.74) is 3.13. The molecule has 0 spiro atoms. The lowest BCUT2D eigenvalue weighted by atomic mass is 9.97. The number of nitrogens with zero attached hydrogens (tertiary/aromatic N) is 5. The summed E-state index contributed by atoms with van der Waals surface area (Å²) in [5, 5.41) is 0.770. The minimum absolute atomic E-state index is 0.0379. The highest BCUT2D eigenvalue weighted by molar-refractivity contribution is 5.82. The number of aryl methyl sites for hydroxylation is 2. The molecule has 1 aliphatic rings. The van der Waals surface area contributed by atoms with Crippen molar-refractivity contribution in [2.45, 2.75) is 59.3 Å². The van der Waals surface area contributed by atoms with E-state index < -0.39 is 17.8 Å². The van der Waals surface area contributed by atoms with Crippen LogP contribution in [0.3, 0.4) is 0 Å². The number of halogens is 3. The van der Waals surface area contributed by atoms with Crippen molar-refractivity contribution >= 4 is 22.4 Å². The van der Waals surface area contributed by atoms with Crippen LogP contribution in [0, 0.1) is 13.8 Å². The first kappa shape index (κ1) is 25.6. The summed E-state index contributed by atoms with van der Waals surface area (Å²) in [5.74, 6) is 0.752. The van der Waals surface area contributed by atoms with E-state index in [-0.39, 0.29) is 17.5 Å². The van der Waals surface area contributed by atoms with Crippen LogP contribution in [0.5, 0.6) is 0 Å². The van der Waals surface area contributed by atoms with Gasteiger partial charge in [0.05, 0.1) is 29.0 Å². The monoisotopic (exact) mass is 497 g/mol. The molecular weight excluding hydrogens is 467 g/mol. The van der Waals surface area contributed by atoms with E-state index in [9.17, 15) is 18.0 Å². The molecule has 0 saturated heterocycles. The Bertz CT molecular complexity index is 1440. The fourth-order valence-electron chi connectivity index (χ4n) is 4.85. The Morgan fingerprint density at radius 2 is 1.97 bits per heavy atom. The van der Waals surface area contributed by atoms with Crippen molar-refractivity contribution in [3.63, 3.8) is 0 Å². The van der Waals surface area contributed by atoms with Crippen molar-refractivity contribution in [3.05, 3.63) is 70.2 Å². The zero-order valence-corrected chi connectivity index (χ0v) is 21.3. The second-order valence-corrected chi connectivity index (χ2v) is 9.40. The van der Waals surface area contributed by atoms with Gasteiger partial charge >= 0.3 is 6.18 Å². The number of fused-ring (bicyclic) bond motifs is 1. The van der Waals surface area contributed by atoms with Crippen LogP contribution in [0.2, 0.25) is 0 Å². The minimum Gasteiger partial charge on any atom is -0.336 e. The molecular formula is C27H30F3N5O. The molecule has 2 atom stereocenters. The Morgan fingerprint density at radius 3 is 2.61 bits per heavy atom. The van der Waals surface area contributed by atoms with Gasteiger partial charge < -0.3 is 9.47 Å². The van der Waals surface area contributed by atoms with E-state index in [2.05, 4.69) is 9.97 Å². The van der Waals surface area contributed by atoms with Gasteiger partial charge in [-0.05, 0) is 62.9 Å². The normalized spacial score (nSPS) is 17.9. The zero-order valence-electron chi connectivity index (χ0n) is 21.3. The summed E-state index contributed by atoms with van der Waals surface area (Å²) < 4.78 is 42.3. The molecule has 0 saturated carbocycles. The topological polar surface area (TPSA) is 63.4 Å². The van der Waals surface area contributed by atoms with Crippen LogP contribution in [-0.4, -0.2) is 37.9 Å². The van der Waals surface area contributed by atoms with E-state index >= 15 is 0 Å². The second kappa shape index (κ2) is 9.52. The fourth-order valence-corrected chi connectivity index (χ4v) is 4.85. The van der Waals surface area contributed by atoms with Gasteiger partial charge in [0.25, 0.3) is 0 Å². The third-order valence-corrected chi connectivity index (χ3v) is 7.00. The molecule has 4 rings (SSSR count). The van der Waals surface area contributed by atoms with E-state index in [4.69, 9.17) is 4.99 Å². The summed E-state index contributed by atoms with van der Waals surface area (Å²) in [6, 6.07) is 5.65. The SMILES string of the molecule is CC(=O)N1CC=C(c2cc3c(=N[C@H](C)c4cccc(C(F)(F)F)c4C)nc(C)n(C)c3cn2)CC1C. The molecule has 1 unspecified atom stereocenters. The summed E-state index contributed by atoms with van der Waals surface area (Å²) in [4.78, 5) is 27.8. The molecule has 190 valence electrons. The quantitative estimate of drug-likeness (QED) is 0.494. The maximum Gasteiger partial charge on any atom is 0.416 e. The molecule has 2 aromatic heterocycles. The number of carbonyl (C=O) groups excluding carboxylic acids is 1. The van der Waals surface area contributed by atoms with Crippen LogP contribution >= 0.6 is 0 Å². The third kappa shape index (κ3) is 4.79. The van der Waals surface area contributed by atoms with Crippen molar-refractivity contribution in [2.75, 3.05) is 6.54 Å². The average molecular weight is 498 g/mol. The first-order valence-corrected chi connectivity index (χ1v) is 11.9. The molecule has 1 amide bonds. The first-order valence-electron chi connectivity index (χ1n) is 11.9. The fraction of sp³-hybridized carbons (Fsp3) is 0.407. The van der Waals surface area contributed by atoms with Crippen LogP contribution in [0.1, 0.15) is 61.4 Å². The highest BCUT2D eigenvalue weighted by Gasteiger charge is 2.33. The van der Waals surface area contributed by atoms with Crippen molar-refractivity contribution < 1.29 is 18.0 Å². The Balaban J connectivity index is 1.84. The highest BCUT2D eigenvalue weighted by atomic mass is 19.4. The van der Waals surface area contributed by atoms with Crippen LogP contribution in [0.15, 0.2) is 41.5 Å². The molecule has 36 heavy (non-hydrogen) atoms. The van der Waals surface area contributed by atoms with Crippen LogP contribution in [-0.2, 0) is 18.0 Å². The maximum atomic E-state index is 13.5. The Kier molecular flexibility index (Phi) is 6.77. The van der Waals surface area contributed by atoms with Gasteiger partial charge in [0, 0.05) is 31.9 Å². The number of benzene rings is 1. The van der Waals surface area contributed by atoms with Crippen molar-refractivity contribution in [1.82, 2.24) is 19.4 Å². The lowest BCUT2D eigenvalue weighted by Crippen LogP contribution is -2.39. The summed E-state index contributed by atoms with van der Waals surface area (Å²) in [6.07, 6.45) is 0.0467. The van der Waals surface area contributed by atoms with E-state index in [1.54, 1.807) is 26.1 Å². The van der Waals surface area contributed by atoms with Gasteiger partial charge in [0.1, 0.15) is 5.82 Å². The highest BCUT2D eigenvalue weighted by Crippen LogP contribution is 2.35. The van der Waals surface area contributed by atoms with Crippen molar-refractivity contribution in [1.29, 1.82) is 0 Å². The molecule has 1 aliphatic heterocycles. The number of pyridine rings is 1. The summed E-state index contributed by atoms with van der Waals surface area (Å²) >= 11 is 0. The van der Waals surface area contributed by atoms with E-state index in [1.807, 2.05) is 42.5 Å². The number of amides is 1. The lowest BCUT2D eigenvalue weighted by Gasteiger charge is -2.32. The van der Waals surface area contributed by atoms with E-state index in [1.165, 1.54) is 13.0 Å². The van der Waals surface area contributed by atoms with Gasteiger partial charge in [-0.1, -0.05) is 18.2 Å². The van der Waals surface area contributed by atoms with E-state index in [0.717, 1.165) is 28.2 Å². The summed E-state index contributed by atoms with van der Waals surface area (Å²) in [7, 11) is 1.89. The predicted octanol–water partition coefficient (Wildman–Crippen LogP) is 5.29. The molecule has 1 aromatic carbocycles. The molecule has 0 N–H and O–H groups in total. The van der Waals surface area contributed by atoms with Crippen molar-refractivity contribution in [3.8, 4) is 0 Å². The van der Waals surface area contributed by atoms with Gasteiger partial charge in [-0.25, -0.2) is 4.98 Å². The predicted molar refractivity (Wildman–Crippen MR) is 133 cm³/mol. The molecule has 0 aliphatic carbocycles. The third-order valence-electron chi connectivity index (χ3n) is 7.00. The van der Waals surface area contributed by atoms with Crippen LogP contribution < -0.4 is 5.49 Å². The van der Waals surface area contributed by atoms with Crippen LogP contribution in [0.25, 0.3) is 16.5 Å². The summed E-state index contributed by atoms with van der Waals surface area (Å²) in [6.45, 7) is 9.22. The molecule has 0 radical (unpaired) electrons. The van der Waals surface area contributed by atoms with Crippen molar-refractivity contribution in [2.24, 2.45) is 12.0 Å². The Hall–Kier alpha value is -3.49. The zero-order chi connectivity index (χ0) is 26.4. The smallest absolute Gasteiger partial charge is 0.336 e. The molecule has 6 nitrogen and oxygen atoms in total. The number of aromatic nitrogens is 3. The number of hydrogen-bond acceptors (Lipinski definition) is 4. The number of alkyl halides is 3. The number of carbonyl (C=O) groups is 1. The molecule has 3 heterocycles. The average Bonchev–Trinajstić information content (AvgIpc) is 2.81. The molecule has 9 heteroatoms. The largest absolute Gasteiger partial charge is 0.416 e. The molecule has 3 aromatic rings. The second-order valence-electron chi connectivity index (χ2n) is 9.40. The molecule has 0 fully saturated rings. The van der Waals surface area contributed by atoms with Gasteiger partial charge in [-0.2, -0.15) is 13.2 Å². The maximum absolute atomic E-state index is 13.5. The minimum atomic E-state index is -4.43. The number of hydrogen-bond donors (Lipinski definition) is 0. The van der Waals surface area contributed by atoms with Gasteiger partial charge in [0.2, 0.25) is 5.91 Å². The molecule has 0 bridgehead atoms. The van der Waals surface area contributed by atoms with E-state index in [0.29, 0.717) is 29.8 Å². The number of rotatable bonds is 3. The lowest BCUT2D eigenvalue weighted by molar-refractivity contribution is -0.138. The first-order chi connectivity index (χ1) is 16.9. The van der Waals surface area contributed by atoms with Gasteiger partial charge in [-0.15, -0.1) is 0 Å². The standard InChI is InChI=1S/C27H30F3N5O/c1-15-12-20(10-11-35(15)19(5)36)24-13-22-25(14-31-24)34(6)18(4)33-26(22)32-17(3)21-8-7-9-23(16(21)2)27(28,29)30/h7-10,13-15,17H,11-12H2,1-6H3/t15?,17-/m1/s1. The Labute approximate surface area is 208 Å². The van der Waals surface area contributed by atoms with Crippen LogP contribution in [0.4, 0.5) is 13.2 Å².